The van der Waals surface area contributed by atoms with Crippen molar-refractivity contribution in [3.05, 3.63) is 186 Å². The number of hydrogen-bond acceptors (Lipinski definition) is 4. The van der Waals surface area contributed by atoms with Crippen molar-refractivity contribution in [3.63, 3.8) is 0 Å². The Morgan fingerprint density at radius 1 is 0.407 bits per heavy atom. The number of fused-ring (bicyclic) bond motifs is 12. The highest BCUT2D eigenvalue weighted by Crippen LogP contribution is 2.52. The van der Waals surface area contributed by atoms with E-state index in [1.54, 1.807) is 11.3 Å². The molecule has 0 saturated carbocycles. The number of rotatable bonds is 4. The van der Waals surface area contributed by atoms with E-state index >= 15 is 0 Å². The van der Waals surface area contributed by atoms with E-state index in [-0.39, 0.29) is 10.8 Å². The van der Waals surface area contributed by atoms with Gasteiger partial charge in [0.1, 0.15) is 5.75 Å². The third-order valence-electron chi connectivity index (χ3n) is 12.9. The van der Waals surface area contributed by atoms with Gasteiger partial charge in [0.15, 0.2) is 0 Å². The molecule has 10 aromatic rings. The summed E-state index contributed by atoms with van der Waals surface area (Å²) in [6, 6.07) is 59.4. The van der Waals surface area contributed by atoms with Crippen LogP contribution in [-0.4, -0.2) is 12.7 Å². The molecule has 59 heavy (non-hydrogen) atoms. The molecule has 0 fully saturated rings. The van der Waals surface area contributed by atoms with Crippen LogP contribution in [0.15, 0.2) is 164 Å². The van der Waals surface area contributed by atoms with Crippen molar-refractivity contribution in [1.29, 1.82) is 0 Å². The molecule has 8 aromatic carbocycles. The van der Waals surface area contributed by atoms with E-state index in [0.29, 0.717) is 5.75 Å². The molecule has 2 aliphatic carbocycles. The zero-order valence-corrected chi connectivity index (χ0v) is 35.0. The largest absolute Gasteiger partial charge is 0.569 e. The predicted molar refractivity (Wildman–Crippen MR) is 253 cm³/mol. The van der Waals surface area contributed by atoms with Gasteiger partial charge in [0.25, 0.3) is 0 Å². The fraction of sp³-hybridized carbons (Fsp3) is 0.111. The first-order valence-corrected chi connectivity index (χ1v) is 21.8. The van der Waals surface area contributed by atoms with Crippen molar-refractivity contribution >= 4 is 70.7 Å². The Morgan fingerprint density at radius 3 is 1.44 bits per heavy atom. The second-order valence-corrected chi connectivity index (χ2v) is 18.9. The molecule has 2 nitrogen and oxygen atoms in total. The van der Waals surface area contributed by atoms with Crippen molar-refractivity contribution in [1.82, 2.24) is 0 Å². The monoisotopic (exact) mass is 795 g/mol. The summed E-state index contributed by atoms with van der Waals surface area (Å²) < 4.78 is 10.4. The molecule has 283 valence electrons. The molecule has 5 heteroatoms. The summed E-state index contributed by atoms with van der Waals surface area (Å²) in [4.78, 5) is 0. The van der Waals surface area contributed by atoms with Crippen LogP contribution in [0.5, 0.6) is 5.75 Å². The summed E-state index contributed by atoms with van der Waals surface area (Å²) in [5.74, 6) is 0.678. The van der Waals surface area contributed by atoms with Crippen molar-refractivity contribution in [2.75, 3.05) is 0 Å². The number of hydrogen-bond donors (Lipinski definition) is 1. The lowest BCUT2D eigenvalue weighted by Crippen LogP contribution is -2.14. The first-order chi connectivity index (χ1) is 28.7. The third kappa shape index (κ3) is 5.49. The van der Waals surface area contributed by atoms with Crippen molar-refractivity contribution < 1.29 is 9.68 Å². The standard InChI is InChI=1S/C27H20BO2S.C27H20S/c1-27(2)22-11-4-3-7-18(22)19-14-13-16(15-23(19)27)17-8-5-9-20-21-10-6-12-24(30-28-29)26(21)31-25(17)20;1-27(2)23-12-5-3-8-19(23)20-15-14-17(16-24(20)27)18-10-7-11-22-21-9-4-6-13-25(21)28-26(18)22/h3-15,29H,1-2H3;3-16H,1-2H3. The van der Waals surface area contributed by atoms with Gasteiger partial charge >= 0.3 is 7.69 Å². The Kier molecular flexibility index (Phi) is 8.29. The molecule has 0 bridgehead atoms. The molecular weight excluding hydrogens is 756 g/mol. The SMILES string of the molecule is CC1(C)c2ccccc2-c2ccc(-c3cccc4c3sc3c(O[B]O)cccc34)cc21.CC1(C)c2ccccc2-c2ccc(-c3cccc4c3sc3ccccc34)cc21. The van der Waals surface area contributed by atoms with Crippen molar-refractivity contribution in [3.8, 4) is 50.3 Å². The minimum Gasteiger partial charge on any atom is -0.536 e. The Labute approximate surface area is 353 Å². The molecule has 0 saturated heterocycles. The fourth-order valence-corrected chi connectivity index (χ4v) is 12.4. The highest BCUT2D eigenvalue weighted by molar-refractivity contribution is 7.27. The molecule has 0 aliphatic heterocycles. The van der Waals surface area contributed by atoms with Gasteiger partial charge in [0.05, 0.1) is 4.70 Å². The van der Waals surface area contributed by atoms with Gasteiger partial charge in [-0.15, -0.1) is 22.7 Å². The first-order valence-electron chi connectivity index (χ1n) is 20.2. The zero-order chi connectivity index (χ0) is 40.0. The normalized spacial score (nSPS) is 14.1. The molecule has 1 radical (unpaired) electrons. The maximum Gasteiger partial charge on any atom is 0.569 e. The third-order valence-corrected chi connectivity index (χ3v) is 15.4. The van der Waals surface area contributed by atoms with Crippen LogP contribution < -0.4 is 4.65 Å². The van der Waals surface area contributed by atoms with E-state index in [2.05, 4.69) is 179 Å². The van der Waals surface area contributed by atoms with Gasteiger partial charge in [-0.3, -0.25) is 0 Å². The van der Waals surface area contributed by atoms with Crippen LogP contribution in [0.1, 0.15) is 49.9 Å². The zero-order valence-electron chi connectivity index (χ0n) is 33.3. The molecule has 0 amide bonds. The molecule has 0 atom stereocenters. The highest BCUT2D eigenvalue weighted by atomic mass is 32.1. The lowest BCUT2D eigenvalue weighted by Gasteiger charge is -2.22. The predicted octanol–water partition coefficient (Wildman–Crippen LogP) is 15.0. The Balaban J connectivity index is 0.000000135. The molecule has 0 spiro atoms. The maximum atomic E-state index is 9.16. The average Bonchev–Trinajstić information content (AvgIpc) is 3.97. The Morgan fingerprint density at radius 2 is 0.847 bits per heavy atom. The topological polar surface area (TPSA) is 29.5 Å². The summed E-state index contributed by atoms with van der Waals surface area (Å²) in [6.07, 6.45) is 0. The van der Waals surface area contributed by atoms with Crippen LogP contribution in [0, 0.1) is 0 Å². The van der Waals surface area contributed by atoms with Gasteiger partial charge in [-0.2, -0.15) is 0 Å². The van der Waals surface area contributed by atoms with Gasteiger partial charge in [0, 0.05) is 46.5 Å². The van der Waals surface area contributed by atoms with E-state index in [0.717, 1.165) is 17.8 Å². The molecular formula is C54H40BO2S2. The van der Waals surface area contributed by atoms with E-state index in [4.69, 9.17) is 9.68 Å². The quantitative estimate of drug-likeness (QED) is 0.180. The van der Waals surface area contributed by atoms with Crippen LogP contribution in [-0.2, 0) is 10.8 Å². The lowest BCUT2D eigenvalue weighted by atomic mass is 9.81. The number of benzene rings is 8. The van der Waals surface area contributed by atoms with Crippen molar-refractivity contribution in [2.45, 2.75) is 38.5 Å². The average molecular weight is 796 g/mol. The number of thiophene rings is 2. The van der Waals surface area contributed by atoms with Gasteiger partial charge in [0.2, 0.25) is 0 Å². The van der Waals surface area contributed by atoms with E-state index in [9.17, 15) is 0 Å². The second-order valence-electron chi connectivity index (χ2n) is 16.8. The van der Waals surface area contributed by atoms with Gasteiger partial charge in [-0.1, -0.05) is 167 Å². The molecule has 1 N–H and O–H groups in total. The van der Waals surface area contributed by atoms with Crippen LogP contribution in [0.25, 0.3) is 84.9 Å². The fourth-order valence-electron chi connectivity index (χ4n) is 9.89. The summed E-state index contributed by atoms with van der Waals surface area (Å²) >= 11 is 3.62. The van der Waals surface area contributed by atoms with Crippen LogP contribution >= 0.6 is 22.7 Å². The summed E-state index contributed by atoms with van der Waals surface area (Å²) in [5, 5.41) is 14.2. The minimum absolute atomic E-state index is 0.0199. The van der Waals surface area contributed by atoms with Gasteiger partial charge in [-0.25, -0.2) is 0 Å². The maximum absolute atomic E-state index is 9.16. The Bertz CT molecular complexity index is 3310. The smallest absolute Gasteiger partial charge is 0.536 e. The minimum atomic E-state index is -0.0199. The molecule has 2 aromatic heterocycles. The Hall–Kier alpha value is -5.98. The summed E-state index contributed by atoms with van der Waals surface area (Å²) in [5.41, 5.74) is 16.2. The van der Waals surface area contributed by atoms with Crippen LogP contribution in [0.3, 0.4) is 0 Å². The highest BCUT2D eigenvalue weighted by Gasteiger charge is 2.36. The van der Waals surface area contributed by atoms with Crippen molar-refractivity contribution in [2.24, 2.45) is 0 Å². The van der Waals surface area contributed by atoms with Gasteiger partial charge in [-0.05, 0) is 91.0 Å². The molecule has 2 heterocycles. The van der Waals surface area contributed by atoms with Gasteiger partial charge < -0.3 is 9.68 Å². The first kappa shape index (κ1) is 36.1. The molecule has 2 aliphatic rings. The second kappa shape index (κ2) is 13.5. The van der Waals surface area contributed by atoms with E-state index in [1.807, 2.05) is 23.5 Å². The van der Waals surface area contributed by atoms with E-state index in [1.165, 1.54) is 97.0 Å². The van der Waals surface area contributed by atoms with Crippen LogP contribution in [0.4, 0.5) is 0 Å². The van der Waals surface area contributed by atoms with E-state index < -0.39 is 0 Å². The molecule has 12 rings (SSSR count). The molecule has 0 unspecified atom stereocenters. The lowest BCUT2D eigenvalue weighted by molar-refractivity contribution is 0.457. The summed E-state index contributed by atoms with van der Waals surface area (Å²) in [7, 11) is 0.750. The summed E-state index contributed by atoms with van der Waals surface area (Å²) in [6.45, 7) is 9.33. The van der Waals surface area contributed by atoms with Crippen LogP contribution in [0.2, 0.25) is 0 Å².